The third-order valence-electron chi connectivity index (χ3n) is 1.52. The van der Waals surface area contributed by atoms with Crippen molar-refractivity contribution in [3.63, 3.8) is 0 Å². The molecule has 0 aliphatic rings. The normalized spacial score (nSPS) is 10.7. The smallest absolute Gasteiger partial charge is 0.387 e. The Bertz CT molecular complexity index is 331. The van der Waals surface area contributed by atoms with Gasteiger partial charge in [0.05, 0.1) is 11.6 Å². The zero-order valence-electron chi connectivity index (χ0n) is 6.81. The molecule has 0 saturated carbocycles. The summed E-state index contributed by atoms with van der Waals surface area (Å²) in [4.78, 5) is 0. The number of benzene rings is 1. The second kappa shape index (κ2) is 4.77. The summed E-state index contributed by atoms with van der Waals surface area (Å²) in [5.74, 6) is -0.199. The van der Waals surface area contributed by atoms with Gasteiger partial charge in [-0.15, -0.1) is 0 Å². The van der Waals surface area contributed by atoms with Crippen LogP contribution in [0.4, 0.5) is 8.78 Å². The predicted molar refractivity (Wildman–Crippen MR) is 49.0 cm³/mol. The van der Waals surface area contributed by atoms with Crippen molar-refractivity contribution < 1.29 is 18.6 Å². The van der Waals surface area contributed by atoms with Gasteiger partial charge in [-0.1, -0.05) is 23.2 Å². The maximum absolute atomic E-state index is 11.9. The van der Waals surface area contributed by atoms with Crippen molar-refractivity contribution >= 4 is 23.2 Å². The molecule has 14 heavy (non-hydrogen) atoms. The fourth-order valence-electron chi connectivity index (χ4n) is 0.908. The molecule has 0 saturated heterocycles. The van der Waals surface area contributed by atoms with E-state index in [1.807, 2.05) is 0 Å². The van der Waals surface area contributed by atoms with Gasteiger partial charge in [0, 0.05) is 10.6 Å². The minimum Gasteiger partial charge on any atom is -0.433 e. The molecule has 1 rings (SSSR count). The molecule has 0 bridgehead atoms. The van der Waals surface area contributed by atoms with Crippen LogP contribution in [0, 0.1) is 0 Å². The minimum absolute atomic E-state index is 0.0969. The largest absolute Gasteiger partial charge is 0.433 e. The van der Waals surface area contributed by atoms with Gasteiger partial charge in [0.1, 0.15) is 5.75 Å². The molecule has 0 aliphatic carbocycles. The molecule has 0 atom stereocenters. The molecule has 0 aromatic heterocycles. The van der Waals surface area contributed by atoms with Crippen molar-refractivity contribution in [2.24, 2.45) is 0 Å². The van der Waals surface area contributed by atoms with E-state index in [0.29, 0.717) is 0 Å². The van der Waals surface area contributed by atoms with Crippen molar-refractivity contribution in [1.82, 2.24) is 0 Å². The van der Waals surface area contributed by atoms with Crippen LogP contribution in [0.1, 0.15) is 5.56 Å². The maximum atomic E-state index is 11.9. The molecule has 0 heterocycles. The number of halogens is 4. The summed E-state index contributed by atoms with van der Waals surface area (Å²) in [5.41, 5.74) is 0.173. The van der Waals surface area contributed by atoms with Crippen molar-refractivity contribution in [1.29, 1.82) is 0 Å². The van der Waals surface area contributed by atoms with Crippen molar-refractivity contribution in [2.75, 3.05) is 0 Å². The first kappa shape index (κ1) is 11.5. The van der Waals surface area contributed by atoms with E-state index in [-0.39, 0.29) is 21.4 Å². The Kier molecular flexibility index (Phi) is 3.92. The van der Waals surface area contributed by atoms with Gasteiger partial charge in [0.15, 0.2) is 0 Å². The van der Waals surface area contributed by atoms with E-state index >= 15 is 0 Å². The highest BCUT2D eigenvalue weighted by molar-refractivity contribution is 6.36. The third kappa shape index (κ3) is 2.47. The van der Waals surface area contributed by atoms with Crippen molar-refractivity contribution in [3.05, 3.63) is 27.7 Å². The van der Waals surface area contributed by atoms with Gasteiger partial charge in [-0.2, -0.15) is 8.78 Å². The van der Waals surface area contributed by atoms with Crippen LogP contribution in [0.25, 0.3) is 0 Å². The topological polar surface area (TPSA) is 29.5 Å². The number of aliphatic hydroxyl groups is 1. The van der Waals surface area contributed by atoms with Gasteiger partial charge in [0.2, 0.25) is 0 Å². The lowest BCUT2D eigenvalue weighted by atomic mass is 10.2. The molecular formula is C8H6Cl2F2O2. The van der Waals surface area contributed by atoms with E-state index < -0.39 is 13.2 Å². The highest BCUT2D eigenvalue weighted by atomic mass is 35.5. The summed E-state index contributed by atoms with van der Waals surface area (Å²) in [5, 5.41) is 8.96. The Hall–Kier alpha value is -0.580. The zero-order valence-corrected chi connectivity index (χ0v) is 8.32. The molecule has 1 aromatic carbocycles. The van der Waals surface area contributed by atoms with Crippen LogP contribution in [0.3, 0.4) is 0 Å². The average molecular weight is 243 g/mol. The van der Waals surface area contributed by atoms with Crippen LogP contribution in [-0.2, 0) is 6.61 Å². The summed E-state index contributed by atoms with van der Waals surface area (Å²) in [6.45, 7) is -3.39. The lowest BCUT2D eigenvalue weighted by Gasteiger charge is -2.10. The fourth-order valence-corrected chi connectivity index (χ4v) is 1.44. The first-order chi connectivity index (χ1) is 6.56. The average Bonchev–Trinajstić information content (AvgIpc) is 2.10. The van der Waals surface area contributed by atoms with Crippen LogP contribution >= 0.6 is 23.2 Å². The molecule has 2 nitrogen and oxygen atoms in total. The predicted octanol–water partition coefficient (Wildman–Crippen LogP) is 3.09. The highest BCUT2D eigenvalue weighted by Gasteiger charge is 2.13. The van der Waals surface area contributed by atoms with Crippen LogP contribution in [0.5, 0.6) is 5.75 Å². The van der Waals surface area contributed by atoms with E-state index in [4.69, 9.17) is 28.3 Å². The molecule has 6 heteroatoms. The van der Waals surface area contributed by atoms with Crippen LogP contribution in [0.2, 0.25) is 10.0 Å². The second-order valence-electron chi connectivity index (χ2n) is 2.37. The van der Waals surface area contributed by atoms with Gasteiger partial charge in [0.25, 0.3) is 0 Å². The van der Waals surface area contributed by atoms with Crippen LogP contribution < -0.4 is 4.74 Å². The Morgan fingerprint density at radius 1 is 1.36 bits per heavy atom. The third-order valence-corrected chi connectivity index (χ3v) is 2.29. The molecule has 1 N–H and O–H groups in total. The van der Waals surface area contributed by atoms with E-state index in [9.17, 15) is 8.78 Å². The summed E-state index contributed by atoms with van der Waals surface area (Å²) >= 11 is 11.3. The first-order valence-corrected chi connectivity index (χ1v) is 4.34. The molecule has 78 valence electrons. The summed E-state index contributed by atoms with van der Waals surface area (Å²) in [7, 11) is 0. The van der Waals surface area contributed by atoms with Crippen LogP contribution in [0.15, 0.2) is 12.1 Å². The van der Waals surface area contributed by atoms with Gasteiger partial charge in [-0.05, 0) is 12.1 Å². The monoisotopic (exact) mass is 242 g/mol. The van der Waals surface area contributed by atoms with Crippen LogP contribution in [-0.4, -0.2) is 11.7 Å². The number of hydrogen-bond donors (Lipinski definition) is 1. The van der Waals surface area contributed by atoms with Gasteiger partial charge in [-0.25, -0.2) is 0 Å². The Morgan fingerprint density at radius 2 is 2.00 bits per heavy atom. The number of ether oxygens (including phenoxy) is 1. The van der Waals surface area contributed by atoms with Gasteiger partial charge < -0.3 is 9.84 Å². The summed E-state index contributed by atoms with van der Waals surface area (Å²) in [6.07, 6.45) is 0. The van der Waals surface area contributed by atoms with Crippen molar-refractivity contribution in [2.45, 2.75) is 13.2 Å². The lowest BCUT2D eigenvalue weighted by Crippen LogP contribution is -2.03. The van der Waals surface area contributed by atoms with E-state index in [0.717, 1.165) is 0 Å². The summed E-state index contributed by atoms with van der Waals surface area (Å²) < 4.78 is 27.8. The Balaban J connectivity index is 3.08. The minimum atomic E-state index is -2.96. The second-order valence-corrected chi connectivity index (χ2v) is 3.16. The number of hydrogen-bond acceptors (Lipinski definition) is 2. The van der Waals surface area contributed by atoms with Crippen molar-refractivity contribution in [3.8, 4) is 5.75 Å². The van der Waals surface area contributed by atoms with E-state index in [1.54, 1.807) is 0 Å². The standard InChI is InChI=1S/C8H6Cl2F2O2/c9-5-1-2-6(14-8(11)12)7(10)4(5)3-13/h1-2,8,13H,3H2. The number of rotatable bonds is 3. The molecular weight excluding hydrogens is 237 g/mol. The molecule has 0 spiro atoms. The number of aliphatic hydroxyl groups excluding tert-OH is 1. The molecule has 1 aromatic rings. The zero-order chi connectivity index (χ0) is 10.7. The SMILES string of the molecule is OCc1c(Cl)ccc(OC(F)F)c1Cl. The number of alkyl halides is 2. The molecule has 0 radical (unpaired) electrons. The first-order valence-electron chi connectivity index (χ1n) is 3.58. The molecule has 0 unspecified atom stereocenters. The highest BCUT2D eigenvalue weighted by Crippen LogP contribution is 2.34. The van der Waals surface area contributed by atoms with Gasteiger partial charge in [-0.3, -0.25) is 0 Å². The fraction of sp³-hybridized carbons (Fsp3) is 0.250. The molecule has 0 amide bonds. The molecule has 0 aliphatic heterocycles. The lowest BCUT2D eigenvalue weighted by molar-refractivity contribution is -0.0498. The Labute approximate surface area is 89.0 Å². The van der Waals surface area contributed by atoms with E-state index in [1.165, 1.54) is 12.1 Å². The maximum Gasteiger partial charge on any atom is 0.387 e. The Morgan fingerprint density at radius 3 is 2.50 bits per heavy atom. The van der Waals surface area contributed by atoms with Gasteiger partial charge >= 0.3 is 6.61 Å². The molecule has 0 fully saturated rings. The quantitative estimate of drug-likeness (QED) is 0.883. The van der Waals surface area contributed by atoms with E-state index in [2.05, 4.69) is 4.74 Å². The summed E-state index contributed by atoms with van der Waals surface area (Å²) in [6, 6.07) is 2.55.